The van der Waals surface area contributed by atoms with Crippen molar-refractivity contribution in [2.45, 2.75) is 26.2 Å². The number of carbonyl (C=O) groups excluding carboxylic acids is 1. The number of aryl methyl sites for hydroxylation is 1. The Bertz CT molecular complexity index is 783. The number of aromatic nitrogens is 1. The number of rotatable bonds is 5. The van der Waals surface area contributed by atoms with E-state index >= 15 is 0 Å². The molecule has 1 aliphatic heterocycles. The first-order chi connectivity index (χ1) is 12.0. The van der Waals surface area contributed by atoms with E-state index in [1.54, 1.807) is 0 Å². The number of piperazine rings is 1. The zero-order chi connectivity index (χ0) is 17.8. The molecule has 25 heavy (non-hydrogen) atoms. The first kappa shape index (κ1) is 17.2. The van der Waals surface area contributed by atoms with Gasteiger partial charge in [0.1, 0.15) is 0 Å². The average Bonchev–Trinajstić information content (AvgIpc) is 2.60. The number of fused-ring (bicyclic) bond motifs is 1. The molecule has 1 N–H and O–H groups in total. The number of carboxylic acids is 1. The topological polar surface area (TPSA) is 73.7 Å². The second kappa shape index (κ2) is 7.51. The second-order valence-corrected chi connectivity index (χ2v) is 6.42. The van der Waals surface area contributed by atoms with Gasteiger partial charge in [-0.15, -0.1) is 0 Å². The smallest absolute Gasteiger partial charge is 0.303 e. The molecule has 0 bridgehead atoms. The van der Waals surface area contributed by atoms with Gasteiger partial charge >= 0.3 is 5.97 Å². The SMILES string of the molecule is Cc1cc(N2CCN(C(=O)CCCC(=O)O)CC2)c2ccccc2n1. The number of benzene rings is 1. The minimum Gasteiger partial charge on any atom is -0.481 e. The van der Waals surface area contributed by atoms with Crippen LogP contribution in [0.15, 0.2) is 30.3 Å². The summed E-state index contributed by atoms with van der Waals surface area (Å²) in [7, 11) is 0. The van der Waals surface area contributed by atoms with Gasteiger partial charge in [0.2, 0.25) is 5.91 Å². The number of aliphatic carboxylic acids is 1. The van der Waals surface area contributed by atoms with E-state index in [-0.39, 0.29) is 12.3 Å². The van der Waals surface area contributed by atoms with Crippen molar-refractivity contribution < 1.29 is 14.7 Å². The summed E-state index contributed by atoms with van der Waals surface area (Å²) in [5, 5.41) is 9.80. The molecule has 0 atom stereocenters. The summed E-state index contributed by atoms with van der Waals surface area (Å²) in [5.41, 5.74) is 3.15. The number of nitrogens with zero attached hydrogens (tertiary/aromatic N) is 3. The minimum absolute atomic E-state index is 0.0496. The lowest BCUT2D eigenvalue weighted by Gasteiger charge is -2.36. The quantitative estimate of drug-likeness (QED) is 0.904. The van der Waals surface area contributed by atoms with Gasteiger partial charge in [0, 0.05) is 55.8 Å². The lowest BCUT2D eigenvalue weighted by atomic mass is 10.1. The fraction of sp³-hybridized carbons (Fsp3) is 0.421. The summed E-state index contributed by atoms with van der Waals surface area (Å²) in [6.07, 6.45) is 0.764. The molecule has 3 rings (SSSR count). The second-order valence-electron chi connectivity index (χ2n) is 6.42. The Labute approximate surface area is 147 Å². The van der Waals surface area contributed by atoms with Crippen molar-refractivity contribution in [3.05, 3.63) is 36.0 Å². The van der Waals surface area contributed by atoms with Crippen LogP contribution in [-0.2, 0) is 9.59 Å². The molecule has 0 radical (unpaired) electrons. The molecule has 6 nitrogen and oxygen atoms in total. The summed E-state index contributed by atoms with van der Waals surface area (Å²) in [6.45, 7) is 4.89. The van der Waals surface area contributed by atoms with Gasteiger partial charge in [-0.3, -0.25) is 14.6 Å². The molecule has 1 aromatic heterocycles. The zero-order valence-electron chi connectivity index (χ0n) is 14.4. The van der Waals surface area contributed by atoms with Gasteiger partial charge in [-0.05, 0) is 25.5 Å². The van der Waals surface area contributed by atoms with E-state index in [0.717, 1.165) is 29.7 Å². The van der Waals surface area contributed by atoms with E-state index in [4.69, 9.17) is 5.11 Å². The molecule has 6 heteroatoms. The van der Waals surface area contributed by atoms with Crippen LogP contribution in [0, 0.1) is 6.92 Å². The Balaban J connectivity index is 1.65. The summed E-state index contributed by atoms with van der Waals surface area (Å²) in [6, 6.07) is 10.2. The average molecular weight is 341 g/mol. The lowest BCUT2D eigenvalue weighted by Crippen LogP contribution is -2.48. The number of carbonyl (C=O) groups is 2. The van der Waals surface area contributed by atoms with Gasteiger partial charge < -0.3 is 14.9 Å². The highest BCUT2D eigenvalue weighted by Gasteiger charge is 2.22. The van der Waals surface area contributed by atoms with Crippen LogP contribution in [0.2, 0.25) is 0 Å². The van der Waals surface area contributed by atoms with Crippen LogP contribution < -0.4 is 4.90 Å². The number of hydrogen-bond acceptors (Lipinski definition) is 4. The van der Waals surface area contributed by atoms with Gasteiger partial charge in [-0.2, -0.15) is 0 Å². The van der Waals surface area contributed by atoms with Gasteiger partial charge in [-0.25, -0.2) is 0 Å². The Kier molecular flexibility index (Phi) is 5.16. The molecular weight excluding hydrogens is 318 g/mol. The molecule has 1 amide bonds. The maximum atomic E-state index is 12.2. The highest BCUT2D eigenvalue weighted by atomic mass is 16.4. The summed E-state index contributed by atoms with van der Waals surface area (Å²) in [5.74, 6) is -0.797. The van der Waals surface area contributed by atoms with E-state index in [2.05, 4.69) is 22.0 Å². The predicted molar refractivity (Wildman–Crippen MR) is 96.8 cm³/mol. The third-order valence-electron chi connectivity index (χ3n) is 4.58. The number of amides is 1. The Morgan fingerprint density at radius 1 is 1.12 bits per heavy atom. The number of carboxylic acid groups (broad SMARTS) is 1. The molecule has 1 fully saturated rings. The molecule has 1 aromatic carbocycles. The molecule has 2 aromatic rings. The fourth-order valence-electron chi connectivity index (χ4n) is 3.29. The van der Waals surface area contributed by atoms with Crippen molar-refractivity contribution in [3.63, 3.8) is 0 Å². The normalized spacial score (nSPS) is 14.8. The third-order valence-corrected chi connectivity index (χ3v) is 4.58. The number of hydrogen-bond donors (Lipinski definition) is 1. The predicted octanol–water partition coefficient (Wildman–Crippen LogP) is 2.45. The lowest BCUT2D eigenvalue weighted by molar-refractivity contribution is -0.137. The van der Waals surface area contributed by atoms with Crippen molar-refractivity contribution in [1.82, 2.24) is 9.88 Å². The van der Waals surface area contributed by atoms with Crippen molar-refractivity contribution in [3.8, 4) is 0 Å². The van der Waals surface area contributed by atoms with E-state index in [9.17, 15) is 9.59 Å². The third kappa shape index (κ3) is 4.07. The molecule has 1 aliphatic rings. The molecule has 0 aliphatic carbocycles. The van der Waals surface area contributed by atoms with Gasteiger partial charge in [0.05, 0.1) is 5.52 Å². The van der Waals surface area contributed by atoms with E-state index < -0.39 is 5.97 Å². The van der Waals surface area contributed by atoms with Crippen LogP contribution in [0.3, 0.4) is 0 Å². The molecule has 1 saturated heterocycles. The zero-order valence-corrected chi connectivity index (χ0v) is 14.4. The van der Waals surface area contributed by atoms with Gasteiger partial charge in [-0.1, -0.05) is 18.2 Å². The first-order valence-electron chi connectivity index (χ1n) is 8.65. The largest absolute Gasteiger partial charge is 0.481 e. The summed E-state index contributed by atoms with van der Waals surface area (Å²) in [4.78, 5) is 31.5. The Morgan fingerprint density at radius 2 is 1.84 bits per heavy atom. The number of pyridine rings is 1. The molecule has 0 saturated carbocycles. The Morgan fingerprint density at radius 3 is 2.56 bits per heavy atom. The van der Waals surface area contributed by atoms with Crippen LogP contribution in [0.1, 0.15) is 25.0 Å². The fourth-order valence-corrected chi connectivity index (χ4v) is 3.29. The van der Waals surface area contributed by atoms with Crippen molar-refractivity contribution in [2.75, 3.05) is 31.1 Å². The maximum Gasteiger partial charge on any atom is 0.303 e. The highest BCUT2D eigenvalue weighted by Crippen LogP contribution is 2.27. The maximum absolute atomic E-state index is 12.2. The monoisotopic (exact) mass is 341 g/mol. The van der Waals surface area contributed by atoms with Crippen LogP contribution >= 0.6 is 0 Å². The summed E-state index contributed by atoms with van der Waals surface area (Å²) >= 11 is 0. The number of anilines is 1. The van der Waals surface area contributed by atoms with Gasteiger partial charge in [0.15, 0.2) is 0 Å². The van der Waals surface area contributed by atoms with Crippen LogP contribution in [0.25, 0.3) is 10.9 Å². The van der Waals surface area contributed by atoms with Crippen molar-refractivity contribution in [1.29, 1.82) is 0 Å². The van der Waals surface area contributed by atoms with E-state index in [1.807, 2.05) is 30.0 Å². The minimum atomic E-state index is -0.849. The van der Waals surface area contributed by atoms with Crippen molar-refractivity contribution >= 4 is 28.5 Å². The summed E-state index contributed by atoms with van der Waals surface area (Å²) < 4.78 is 0. The molecule has 132 valence electrons. The van der Waals surface area contributed by atoms with Crippen LogP contribution in [-0.4, -0.2) is 53.0 Å². The number of para-hydroxylation sites is 1. The first-order valence-corrected chi connectivity index (χ1v) is 8.65. The standard InChI is InChI=1S/C19H23N3O3/c1-14-13-17(15-5-2-3-6-16(15)20-14)21-9-11-22(12-10-21)18(23)7-4-8-19(24)25/h2-3,5-6,13H,4,7-12H2,1H3,(H,24,25). The van der Waals surface area contributed by atoms with Crippen LogP contribution in [0.4, 0.5) is 5.69 Å². The molecule has 0 spiro atoms. The van der Waals surface area contributed by atoms with Crippen molar-refractivity contribution in [2.24, 2.45) is 0 Å². The molecule has 2 heterocycles. The van der Waals surface area contributed by atoms with Gasteiger partial charge in [0.25, 0.3) is 0 Å². The van der Waals surface area contributed by atoms with E-state index in [0.29, 0.717) is 25.9 Å². The van der Waals surface area contributed by atoms with Crippen LogP contribution in [0.5, 0.6) is 0 Å². The Hall–Kier alpha value is -2.63. The molecular formula is C19H23N3O3. The highest BCUT2D eigenvalue weighted by molar-refractivity contribution is 5.92. The molecule has 0 unspecified atom stereocenters. The van der Waals surface area contributed by atoms with E-state index in [1.165, 1.54) is 5.69 Å².